The molecule has 100 valence electrons. The van der Waals surface area contributed by atoms with Crippen molar-refractivity contribution in [2.45, 2.75) is 12.5 Å². The predicted octanol–water partition coefficient (Wildman–Crippen LogP) is 0.632. The Morgan fingerprint density at radius 1 is 1.33 bits per heavy atom. The van der Waals surface area contributed by atoms with Crippen molar-refractivity contribution in [3.05, 3.63) is 29.8 Å². The van der Waals surface area contributed by atoms with Crippen LogP contribution >= 0.6 is 0 Å². The zero-order valence-corrected chi connectivity index (χ0v) is 11.0. The first-order valence-electron chi connectivity index (χ1n) is 5.73. The Bertz CT molecular complexity index is 392. The van der Waals surface area contributed by atoms with E-state index >= 15 is 0 Å². The quantitative estimate of drug-likeness (QED) is 0.698. The van der Waals surface area contributed by atoms with Crippen LogP contribution in [0.1, 0.15) is 12.5 Å². The van der Waals surface area contributed by atoms with E-state index in [0.29, 0.717) is 13.2 Å². The Hall–Kier alpha value is -1.59. The van der Waals surface area contributed by atoms with E-state index in [0.717, 1.165) is 11.3 Å². The van der Waals surface area contributed by atoms with Crippen molar-refractivity contribution >= 4 is 5.91 Å². The molecule has 5 heteroatoms. The Morgan fingerprint density at radius 3 is 2.39 bits per heavy atom. The number of methoxy groups -OCH3 is 2. The van der Waals surface area contributed by atoms with Crippen molar-refractivity contribution in [1.82, 2.24) is 5.32 Å². The Morgan fingerprint density at radius 2 is 1.94 bits per heavy atom. The molecule has 1 atom stereocenters. The zero-order chi connectivity index (χ0) is 13.6. The average Bonchev–Trinajstić information content (AvgIpc) is 2.38. The SMILES string of the molecule is COCCNC(C)(C(N)=O)c1ccc(OC)cc1. The number of amides is 1. The Balaban J connectivity index is 2.91. The zero-order valence-electron chi connectivity index (χ0n) is 11.0. The van der Waals surface area contributed by atoms with Gasteiger partial charge in [0.05, 0.1) is 13.7 Å². The number of rotatable bonds is 7. The van der Waals surface area contributed by atoms with E-state index in [2.05, 4.69) is 5.32 Å². The van der Waals surface area contributed by atoms with E-state index < -0.39 is 11.4 Å². The second kappa shape index (κ2) is 6.37. The lowest BCUT2D eigenvalue weighted by Crippen LogP contribution is -2.51. The van der Waals surface area contributed by atoms with Crippen molar-refractivity contribution in [3.8, 4) is 5.75 Å². The average molecular weight is 252 g/mol. The van der Waals surface area contributed by atoms with Crippen LogP contribution in [0.5, 0.6) is 5.75 Å². The monoisotopic (exact) mass is 252 g/mol. The first kappa shape index (κ1) is 14.5. The molecule has 0 aliphatic heterocycles. The predicted molar refractivity (Wildman–Crippen MR) is 69.4 cm³/mol. The molecule has 18 heavy (non-hydrogen) atoms. The van der Waals surface area contributed by atoms with Crippen LogP contribution < -0.4 is 15.8 Å². The van der Waals surface area contributed by atoms with Crippen molar-refractivity contribution < 1.29 is 14.3 Å². The molecule has 0 aliphatic rings. The highest BCUT2D eigenvalue weighted by atomic mass is 16.5. The summed E-state index contributed by atoms with van der Waals surface area (Å²) in [5.74, 6) is 0.311. The lowest BCUT2D eigenvalue weighted by Gasteiger charge is -2.28. The maximum atomic E-state index is 11.7. The Labute approximate surface area is 107 Å². The van der Waals surface area contributed by atoms with Gasteiger partial charge in [-0.05, 0) is 24.6 Å². The fraction of sp³-hybridized carbons (Fsp3) is 0.462. The van der Waals surface area contributed by atoms with Gasteiger partial charge in [0.15, 0.2) is 0 Å². The highest BCUT2D eigenvalue weighted by Crippen LogP contribution is 2.22. The van der Waals surface area contributed by atoms with Crippen LogP contribution in [0, 0.1) is 0 Å². The molecule has 0 spiro atoms. The van der Waals surface area contributed by atoms with Gasteiger partial charge in [-0.1, -0.05) is 12.1 Å². The number of nitrogens with two attached hydrogens (primary N) is 1. The number of ether oxygens (including phenoxy) is 2. The summed E-state index contributed by atoms with van der Waals surface area (Å²) in [5, 5.41) is 3.11. The summed E-state index contributed by atoms with van der Waals surface area (Å²) in [6, 6.07) is 7.25. The van der Waals surface area contributed by atoms with Crippen molar-refractivity contribution in [2.24, 2.45) is 5.73 Å². The van der Waals surface area contributed by atoms with E-state index in [9.17, 15) is 4.79 Å². The molecule has 0 aliphatic carbocycles. The molecular weight excluding hydrogens is 232 g/mol. The normalized spacial score (nSPS) is 13.9. The van der Waals surface area contributed by atoms with Crippen LogP contribution in [-0.4, -0.2) is 33.3 Å². The number of hydrogen-bond acceptors (Lipinski definition) is 4. The number of carbonyl (C=O) groups is 1. The van der Waals surface area contributed by atoms with Gasteiger partial charge < -0.3 is 15.2 Å². The van der Waals surface area contributed by atoms with Crippen LogP contribution in [0.25, 0.3) is 0 Å². The molecule has 0 saturated heterocycles. The number of nitrogens with one attached hydrogen (secondary N) is 1. The van der Waals surface area contributed by atoms with Crippen molar-refractivity contribution in [1.29, 1.82) is 0 Å². The minimum Gasteiger partial charge on any atom is -0.497 e. The van der Waals surface area contributed by atoms with E-state index in [1.54, 1.807) is 33.3 Å². The fourth-order valence-electron chi connectivity index (χ4n) is 1.66. The molecule has 1 amide bonds. The third-order valence-corrected chi connectivity index (χ3v) is 2.94. The van der Waals surface area contributed by atoms with E-state index in [1.807, 2.05) is 12.1 Å². The molecule has 0 fully saturated rings. The van der Waals surface area contributed by atoms with Crippen LogP contribution in [0.2, 0.25) is 0 Å². The molecule has 0 aromatic heterocycles. The summed E-state index contributed by atoms with van der Waals surface area (Å²) in [6.07, 6.45) is 0. The maximum absolute atomic E-state index is 11.7. The summed E-state index contributed by atoms with van der Waals surface area (Å²) in [7, 11) is 3.20. The third-order valence-electron chi connectivity index (χ3n) is 2.94. The molecule has 5 nitrogen and oxygen atoms in total. The van der Waals surface area contributed by atoms with E-state index in [-0.39, 0.29) is 0 Å². The van der Waals surface area contributed by atoms with Crippen LogP contribution in [-0.2, 0) is 15.1 Å². The second-order valence-electron chi connectivity index (χ2n) is 4.14. The Kier molecular flexibility index (Phi) is 5.12. The van der Waals surface area contributed by atoms with E-state index in [1.165, 1.54) is 0 Å². The molecule has 0 saturated carbocycles. The van der Waals surface area contributed by atoms with Crippen molar-refractivity contribution in [3.63, 3.8) is 0 Å². The molecular formula is C13H20N2O3. The number of primary amides is 1. The van der Waals surface area contributed by atoms with Gasteiger partial charge in [-0.3, -0.25) is 10.1 Å². The lowest BCUT2D eigenvalue weighted by molar-refractivity contribution is -0.124. The maximum Gasteiger partial charge on any atom is 0.242 e. The summed E-state index contributed by atoms with van der Waals surface area (Å²) in [4.78, 5) is 11.7. The van der Waals surface area contributed by atoms with Gasteiger partial charge in [-0.25, -0.2) is 0 Å². The highest BCUT2D eigenvalue weighted by molar-refractivity contribution is 5.85. The first-order chi connectivity index (χ1) is 8.54. The lowest BCUT2D eigenvalue weighted by atomic mass is 9.91. The fourth-order valence-corrected chi connectivity index (χ4v) is 1.66. The van der Waals surface area contributed by atoms with Crippen LogP contribution in [0.4, 0.5) is 0 Å². The standard InChI is InChI=1S/C13H20N2O3/c1-13(12(14)16,15-8-9-17-2)10-4-6-11(18-3)7-5-10/h4-7,15H,8-9H2,1-3H3,(H2,14,16). The minimum absolute atomic E-state index is 0.427. The molecule has 1 aromatic rings. The topological polar surface area (TPSA) is 73.6 Å². The van der Waals surface area contributed by atoms with Gasteiger partial charge in [-0.15, -0.1) is 0 Å². The van der Waals surface area contributed by atoms with Crippen LogP contribution in [0.15, 0.2) is 24.3 Å². The summed E-state index contributed by atoms with van der Waals surface area (Å²) in [5.41, 5.74) is 5.37. The summed E-state index contributed by atoms with van der Waals surface area (Å²) < 4.78 is 10.0. The second-order valence-corrected chi connectivity index (χ2v) is 4.14. The van der Waals surface area contributed by atoms with Gasteiger partial charge in [0.25, 0.3) is 0 Å². The van der Waals surface area contributed by atoms with Crippen molar-refractivity contribution in [2.75, 3.05) is 27.4 Å². The summed E-state index contributed by atoms with van der Waals surface area (Å²) in [6.45, 7) is 2.81. The van der Waals surface area contributed by atoms with Gasteiger partial charge >= 0.3 is 0 Å². The third kappa shape index (κ3) is 3.21. The molecule has 0 radical (unpaired) electrons. The highest BCUT2D eigenvalue weighted by Gasteiger charge is 2.32. The molecule has 3 N–H and O–H groups in total. The van der Waals surface area contributed by atoms with Crippen LogP contribution in [0.3, 0.4) is 0 Å². The molecule has 0 heterocycles. The molecule has 1 aromatic carbocycles. The van der Waals surface area contributed by atoms with Gasteiger partial charge in [0, 0.05) is 13.7 Å². The largest absolute Gasteiger partial charge is 0.497 e. The number of hydrogen-bond donors (Lipinski definition) is 2. The number of benzene rings is 1. The molecule has 0 bridgehead atoms. The first-order valence-corrected chi connectivity index (χ1v) is 5.73. The molecule has 1 unspecified atom stereocenters. The smallest absolute Gasteiger partial charge is 0.242 e. The minimum atomic E-state index is -0.912. The molecule has 1 rings (SSSR count). The van der Waals surface area contributed by atoms with Gasteiger partial charge in [0.1, 0.15) is 11.3 Å². The van der Waals surface area contributed by atoms with E-state index in [4.69, 9.17) is 15.2 Å². The van der Waals surface area contributed by atoms with Gasteiger partial charge in [0.2, 0.25) is 5.91 Å². The number of carbonyl (C=O) groups excluding carboxylic acids is 1. The summed E-state index contributed by atoms with van der Waals surface area (Å²) >= 11 is 0. The van der Waals surface area contributed by atoms with Gasteiger partial charge in [-0.2, -0.15) is 0 Å².